The van der Waals surface area contributed by atoms with Gasteiger partial charge in [0, 0.05) is 37.5 Å². The van der Waals surface area contributed by atoms with Crippen LogP contribution in [0.5, 0.6) is 0 Å². The first kappa shape index (κ1) is 17.6. The van der Waals surface area contributed by atoms with E-state index in [1.54, 1.807) is 0 Å². The number of carbonyl (C=O) groups excluding carboxylic acids is 1. The lowest BCUT2D eigenvalue weighted by atomic mass is 9.86. The SMILES string of the molecule is CCN(CC)CCC(=O)C1CC2CCC(C1)N2Cc1ccccc1. The van der Waals surface area contributed by atoms with Gasteiger partial charge < -0.3 is 4.90 Å². The van der Waals surface area contributed by atoms with E-state index in [9.17, 15) is 4.79 Å². The zero-order valence-corrected chi connectivity index (χ0v) is 15.3. The Labute approximate surface area is 147 Å². The summed E-state index contributed by atoms with van der Waals surface area (Å²) in [5.41, 5.74) is 1.40. The quantitative estimate of drug-likeness (QED) is 0.726. The zero-order valence-electron chi connectivity index (χ0n) is 15.3. The molecular weight excluding hydrogens is 296 g/mol. The van der Waals surface area contributed by atoms with E-state index in [0.29, 0.717) is 23.8 Å². The van der Waals surface area contributed by atoms with E-state index in [2.05, 4.69) is 54.0 Å². The molecule has 2 saturated heterocycles. The van der Waals surface area contributed by atoms with Gasteiger partial charge >= 0.3 is 0 Å². The molecule has 2 fully saturated rings. The molecule has 0 spiro atoms. The Morgan fingerprint density at radius 1 is 1.08 bits per heavy atom. The molecule has 132 valence electrons. The van der Waals surface area contributed by atoms with Crippen molar-refractivity contribution in [1.82, 2.24) is 9.80 Å². The van der Waals surface area contributed by atoms with E-state index in [0.717, 1.165) is 45.4 Å². The molecule has 0 aliphatic carbocycles. The van der Waals surface area contributed by atoms with Crippen molar-refractivity contribution in [2.75, 3.05) is 19.6 Å². The number of rotatable bonds is 8. The predicted octanol–water partition coefficient (Wildman–Crippen LogP) is 3.73. The average Bonchev–Trinajstić information content (AvgIpc) is 2.84. The maximum atomic E-state index is 12.7. The topological polar surface area (TPSA) is 23.6 Å². The van der Waals surface area contributed by atoms with Crippen LogP contribution in [0.2, 0.25) is 0 Å². The van der Waals surface area contributed by atoms with E-state index >= 15 is 0 Å². The molecule has 0 saturated carbocycles. The molecular formula is C21H32N2O. The summed E-state index contributed by atoms with van der Waals surface area (Å²) in [5, 5.41) is 0. The molecule has 3 rings (SSSR count). The molecule has 1 aromatic carbocycles. The second-order valence-corrected chi connectivity index (χ2v) is 7.45. The second-order valence-electron chi connectivity index (χ2n) is 7.45. The van der Waals surface area contributed by atoms with E-state index in [-0.39, 0.29) is 0 Å². The van der Waals surface area contributed by atoms with Crippen molar-refractivity contribution in [1.29, 1.82) is 0 Å². The molecule has 0 amide bonds. The molecule has 24 heavy (non-hydrogen) atoms. The van der Waals surface area contributed by atoms with Gasteiger partial charge in [-0.15, -0.1) is 0 Å². The lowest BCUT2D eigenvalue weighted by molar-refractivity contribution is -0.125. The number of carbonyl (C=O) groups is 1. The van der Waals surface area contributed by atoms with Crippen LogP contribution in [0.3, 0.4) is 0 Å². The van der Waals surface area contributed by atoms with Crippen LogP contribution in [0, 0.1) is 5.92 Å². The number of ketones is 1. The average molecular weight is 328 g/mol. The van der Waals surface area contributed by atoms with E-state index in [1.807, 2.05) is 0 Å². The van der Waals surface area contributed by atoms with Crippen molar-refractivity contribution in [2.45, 2.75) is 64.6 Å². The number of hydrogen-bond acceptors (Lipinski definition) is 3. The number of nitrogens with zero attached hydrogens (tertiary/aromatic N) is 2. The molecule has 0 aromatic heterocycles. The van der Waals surface area contributed by atoms with Gasteiger partial charge in [0.2, 0.25) is 0 Å². The third kappa shape index (κ3) is 4.07. The third-order valence-corrected chi connectivity index (χ3v) is 6.12. The fraction of sp³-hybridized carbons (Fsp3) is 0.667. The molecule has 0 radical (unpaired) electrons. The van der Waals surface area contributed by atoms with Gasteiger partial charge in [-0.3, -0.25) is 9.69 Å². The number of fused-ring (bicyclic) bond motifs is 2. The first-order valence-electron chi connectivity index (χ1n) is 9.76. The lowest BCUT2D eigenvalue weighted by Gasteiger charge is -2.38. The van der Waals surface area contributed by atoms with Crippen LogP contribution in [0.1, 0.15) is 51.5 Å². The summed E-state index contributed by atoms with van der Waals surface area (Å²) in [6.45, 7) is 8.43. The van der Waals surface area contributed by atoms with Gasteiger partial charge in [0.15, 0.2) is 0 Å². The highest BCUT2D eigenvalue weighted by Crippen LogP contribution is 2.40. The van der Waals surface area contributed by atoms with Gasteiger partial charge in [0.1, 0.15) is 5.78 Å². The summed E-state index contributed by atoms with van der Waals surface area (Å²) in [4.78, 5) is 17.7. The molecule has 2 aliphatic rings. The van der Waals surface area contributed by atoms with Gasteiger partial charge in [0.05, 0.1) is 0 Å². The van der Waals surface area contributed by atoms with Gasteiger partial charge in [-0.1, -0.05) is 44.2 Å². The van der Waals surface area contributed by atoms with Gasteiger partial charge in [0.25, 0.3) is 0 Å². The fourth-order valence-electron chi connectivity index (χ4n) is 4.60. The fourth-order valence-corrected chi connectivity index (χ4v) is 4.60. The third-order valence-electron chi connectivity index (χ3n) is 6.12. The minimum Gasteiger partial charge on any atom is -0.303 e. The zero-order chi connectivity index (χ0) is 16.9. The Kier molecular flexibility index (Phi) is 6.07. The monoisotopic (exact) mass is 328 g/mol. The van der Waals surface area contributed by atoms with Crippen molar-refractivity contribution in [2.24, 2.45) is 5.92 Å². The molecule has 1 aromatic rings. The lowest BCUT2D eigenvalue weighted by Crippen LogP contribution is -2.44. The predicted molar refractivity (Wildman–Crippen MR) is 98.9 cm³/mol. The van der Waals surface area contributed by atoms with Gasteiger partial charge in [-0.25, -0.2) is 0 Å². The van der Waals surface area contributed by atoms with Crippen LogP contribution in [0.15, 0.2) is 30.3 Å². The summed E-state index contributed by atoms with van der Waals surface area (Å²) in [7, 11) is 0. The summed E-state index contributed by atoms with van der Waals surface area (Å²) in [5.74, 6) is 0.822. The first-order valence-corrected chi connectivity index (χ1v) is 9.76. The number of benzene rings is 1. The molecule has 2 atom stereocenters. The summed E-state index contributed by atoms with van der Waals surface area (Å²) >= 11 is 0. The number of Topliss-reactive ketones (excluding diaryl/α,β-unsaturated/α-hetero) is 1. The smallest absolute Gasteiger partial charge is 0.137 e. The Balaban J connectivity index is 1.54. The molecule has 2 bridgehead atoms. The molecule has 3 nitrogen and oxygen atoms in total. The Bertz CT molecular complexity index is 512. The highest BCUT2D eigenvalue weighted by molar-refractivity contribution is 5.81. The van der Waals surface area contributed by atoms with Crippen molar-refractivity contribution in [3.63, 3.8) is 0 Å². The van der Waals surface area contributed by atoms with Crippen LogP contribution >= 0.6 is 0 Å². The normalized spacial score (nSPS) is 26.9. The Morgan fingerprint density at radius 2 is 1.71 bits per heavy atom. The highest BCUT2D eigenvalue weighted by atomic mass is 16.1. The second kappa shape index (κ2) is 8.26. The molecule has 3 heteroatoms. The van der Waals surface area contributed by atoms with E-state index in [4.69, 9.17) is 0 Å². The highest BCUT2D eigenvalue weighted by Gasteiger charge is 2.42. The van der Waals surface area contributed by atoms with Crippen molar-refractivity contribution < 1.29 is 4.79 Å². The standard InChI is InChI=1S/C21H32N2O/c1-3-22(4-2)13-12-21(24)18-14-19-10-11-20(15-18)23(19)16-17-8-6-5-7-9-17/h5-9,18-20H,3-4,10-16H2,1-2H3. The maximum absolute atomic E-state index is 12.7. The van der Waals surface area contributed by atoms with Crippen LogP contribution in [0.25, 0.3) is 0 Å². The largest absolute Gasteiger partial charge is 0.303 e. The van der Waals surface area contributed by atoms with Gasteiger partial charge in [-0.2, -0.15) is 0 Å². The van der Waals surface area contributed by atoms with Crippen molar-refractivity contribution in [3.8, 4) is 0 Å². The Hall–Kier alpha value is -1.19. The van der Waals surface area contributed by atoms with Crippen LogP contribution in [-0.4, -0.2) is 47.3 Å². The van der Waals surface area contributed by atoms with Gasteiger partial charge in [-0.05, 0) is 44.3 Å². The maximum Gasteiger partial charge on any atom is 0.137 e. The number of piperidine rings is 1. The summed E-state index contributed by atoms with van der Waals surface area (Å²) in [6.07, 6.45) is 5.46. The van der Waals surface area contributed by atoms with Crippen LogP contribution in [0.4, 0.5) is 0 Å². The molecule has 2 aliphatic heterocycles. The molecule has 2 heterocycles. The first-order chi connectivity index (χ1) is 11.7. The van der Waals surface area contributed by atoms with E-state index in [1.165, 1.54) is 18.4 Å². The Morgan fingerprint density at radius 3 is 2.29 bits per heavy atom. The van der Waals surface area contributed by atoms with Crippen molar-refractivity contribution >= 4 is 5.78 Å². The van der Waals surface area contributed by atoms with Crippen LogP contribution < -0.4 is 0 Å². The molecule has 0 N–H and O–H groups in total. The van der Waals surface area contributed by atoms with E-state index < -0.39 is 0 Å². The van der Waals surface area contributed by atoms with Crippen molar-refractivity contribution in [3.05, 3.63) is 35.9 Å². The minimum atomic E-state index is 0.310. The summed E-state index contributed by atoms with van der Waals surface area (Å²) < 4.78 is 0. The molecule has 2 unspecified atom stereocenters. The summed E-state index contributed by atoms with van der Waals surface area (Å²) in [6, 6.07) is 12.0. The number of hydrogen-bond donors (Lipinski definition) is 0. The van der Waals surface area contributed by atoms with Crippen LogP contribution in [-0.2, 0) is 11.3 Å². The minimum absolute atomic E-state index is 0.310.